The molecule has 0 saturated heterocycles. The van der Waals surface area contributed by atoms with E-state index < -0.39 is 35.1 Å². The average Bonchev–Trinajstić information content (AvgIpc) is 2.69. The van der Waals surface area contributed by atoms with Crippen LogP contribution in [0.2, 0.25) is 0 Å². The van der Waals surface area contributed by atoms with E-state index in [2.05, 4.69) is 0 Å². The molecule has 2 atom stereocenters. The van der Waals surface area contributed by atoms with Gasteiger partial charge in [0, 0.05) is 28.8 Å². The monoisotopic (exact) mass is 400 g/mol. The van der Waals surface area contributed by atoms with Crippen LogP contribution in [0.1, 0.15) is 61.5 Å². The van der Waals surface area contributed by atoms with E-state index in [4.69, 9.17) is 44.4 Å². The van der Waals surface area contributed by atoms with E-state index in [1.165, 1.54) is 18.2 Å². The minimum atomic E-state index is -1.48. The van der Waals surface area contributed by atoms with Crippen LogP contribution in [0.25, 0.3) is 0 Å². The molecule has 2 aliphatic rings. The maximum Gasteiger partial charge on any atom is 0.202 e. The fourth-order valence-electron chi connectivity index (χ4n) is 4.16. The molecule has 0 amide bonds. The molecule has 4 rings (SSSR count). The van der Waals surface area contributed by atoms with Gasteiger partial charge in [-0.25, -0.2) is 5.90 Å². The van der Waals surface area contributed by atoms with Crippen LogP contribution in [0.5, 0.6) is 11.5 Å². The number of rotatable bonds is 2. The quantitative estimate of drug-likeness (QED) is 0.119. The van der Waals surface area contributed by atoms with Gasteiger partial charge >= 0.3 is 0 Å². The number of benzene rings is 2. The number of phenolic OH excluding ortho intramolecular Hbond substituents is 1. The zero-order valence-electron chi connectivity index (χ0n) is 15.1. The molecule has 13 N–H and O–H groups in total. The highest BCUT2D eigenvalue weighted by Crippen LogP contribution is 2.51. The fraction of sp³-hybridized carbons (Fsp3) is 0.222. The molecule has 2 unspecified atom stereocenters. The molecule has 0 saturated carbocycles. The summed E-state index contributed by atoms with van der Waals surface area (Å²) in [6, 6.07) is 3.30. The molecule has 2 aromatic carbocycles. The number of carbonyl (C=O) groups excluding carboxylic acids is 2. The molecule has 0 aromatic heterocycles. The van der Waals surface area contributed by atoms with Crippen molar-refractivity contribution in [3.8, 4) is 11.5 Å². The summed E-state index contributed by atoms with van der Waals surface area (Å²) >= 11 is 0. The van der Waals surface area contributed by atoms with Gasteiger partial charge in [0.15, 0.2) is 11.5 Å². The zero-order chi connectivity index (χ0) is 21.2. The molecule has 0 bridgehead atoms. The van der Waals surface area contributed by atoms with Gasteiger partial charge in [-0.2, -0.15) is 5.90 Å². The van der Waals surface area contributed by atoms with Crippen molar-refractivity contribution < 1.29 is 24.4 Å². The Balaban J connectivity index is 2.09. The lowest BCUT2D eigenvalue weighted by Crippen LogP contribution is -2.60. The van der Waals surface area contributed by atoms with Crippen molar-refractivity contribution in [3.05, 3.63) is 51.6 Å². The van der Waals surface area contributed by atoms with Crippen LogP contribution < -0.4 is 39.6 Å². The first-order valence-corrected chi connectivity index (χ1v) is 8.61. The van der Waals surface area contributed by atoms with Crippen molar-refractivity contribution >= 4 is 17.3 Å². The number of hydrogen-bond donors (Lipinski definition) is 7. The third kappa shape index (κ3) is 2.40. The summed E-state index contributed by atoms with van der Waals surface area (Å²) in [6.45, 7) is 0. The van der Waals surface area contributed by atoms with Crippen LogP contribution in [-0.2, 0) is 4.84 Å². The second kappa shape index (κ2) is 6.22. The van der Waals surface area contributed by atoms with Gasteiger partial charge in [-0.05, 0) is 6.07 Å². The molecule has 11 heteroatoms. The number of fused-ring (bicyclic) bond motifs is 3. The largest absolute Gasteiger partial charge is 0.507 e. The predicted molar refractivity (Wildman–Crippen MR) is 101 cm³/mol. The Bertz CT molecular complexity index is 1080. The predicted octanol–water partition coefficient (Wildman–Crippen LogP) is -1.05. The summed E-state index contributed by atoms with van der Waals surface area (Å²) in [5.74, 6) is 8.77. The first-order chi connectivity index (χ1) is 13.7. The molecular weight excluding hydrogens is 380 g/mol. The molecule has 152 valence electrons. The van der Waals surface area contributed by atoms with E-state index in [-0.39, 0.29) is 51.2 Å². The number of carbonyl (C=O) groups is 2. The second-order valence-corrected chi connectivity index (χ2v) is 7.21. The smallest absolute Gasteiger partial charge is 0.202 e. The van der Waals surface area contributed by atoms with Crippen LogP contribution in [-0.4, -0.2) is 22.3 Å². The van der Waals surface area contributed by atoms with Gasteiger partial charge < -0.3 is 32.9 Å². The van der Waals surface area contributed by atoms with Gasteiger partial charge in [0.25, 0.3) is 0 Å². The number of hydrogen-bond acceptors (Lipinski definition) is 11. The van der Waals surface area contributed by atoms with Crippen molar-refractivity contribution in [2.75, 3.05) is 5.73 Å². The molecule has 0 radical (unpaired) electrons. The van der Waals surface area contributed by atoms with Gasteiger partial charge in [0.2, 0.25) is 5.78 Å². The number of ketones is 2. The molecule has 2 aromatic rings. The molecular formula is C18H20N6O5. The Morgan fingerprint density at radius 1 is 1.03 bits per heavy atom. The van der Waals surface area contributed by atoms with Gasteiger partial charge in [-0.1, -0.05) is 12.1 Å². The fourth-order valence-corrected chi connectivity index (χ4v) is 4.16. The van der Waals surface area contributed by atoms with Gasteiger partial charge in [-0.15, -0.1) is 0 Å². The van der Waals surface area contributed by atoms with Gasteiger partial charge in [0.1, 0.15) is 11.9 Å². The van der Waals surface area contributed by atoms with Crippen molar-refractivity contribution in [2.45, 2.75) is 24.2 Å². The maximum atomic E-state index is 13.2. The Hall–Kier alpha value is -3.06. The second-order valence-electron chi connectivity index (χ2n) is 7.21. The lowest BCUT2D eigenvalue weighted by atomic mass is 9.72. The van der Waals surface area contributed by atoms with Crippen molar-refractivity contribution in [2.24, 2.45) is 29.0 Å². The molecule has 29 heavy (non-hydrogen) atoms. The molecule has 0 aliphatic heterocycles. The number of aromatic hydroxyl groups is 1. The lowest BCUT2D eigenvalue weighted by Gasteiger charge is -2.42. The minimum absolute atomic E-state index is 0.0200. The number of nitrogen functional groups attached to an aromatic ring is 1. The highest BCUT2D eigenvalue weighted by Gasteiger charge is 2.47. The Morgan fingerprint density at radius 3 is 2.34 bits per heavy atom. The van der Waals surface area contributed by atoms with Crippen LogP contribution in [0.4, 0.5) is 5.69 Å². The molecule has 0 fully saturated rings. The molecule has 2 aliphatic carbocycles. The molecule has 0 heterocycles. The van der Waals surface area contributed by atoms with Crippen LogP contribution in [0.15, 0.2) is 18.2 Å². The lowest BCUT2D eigenvalue weighted by molar-refractivity contribution is 0.0155. The number of phenols is 1. The Morgan fingerprint density at radius 2 is 1.72 bits per heavy atom. The first-order valence-electron chi connectivity index (χ1n) is 8.61. The van der Waals surface area contributed by atoms with E-state index in [0.717, 1.165) is 0 Å². The molecule has 0 spiro atoms. The highest BCUT2D eigenvalue weighted by molar-refractivity contribution is 6.32. The normalized spacial score (nSPS) is 22.0. The third-order valence-corrected chi connectivity index (χ3v) is 5.59. The van der Waals surface area contributed by atoms with Gasteiger partial charge in [-0.3, -0.25) is 14.4 Å². The van der Waals surface area contributed by atoms with Crippen molar-refractivity contribution in [1.82, 2.24) is 0 Å². The van der Waals surface area contributed by atoms with E-state index in [1.807, 2.05) is 0 Å². The number of anilines is 1. The van der Waals surface area contributed by atoms with E-state index >= 15 is 0 Å². The average molecular weight is 400 g/mol. The topological polar surface area (TPSA) is 229 Å². The summed E-state index contributed by atoms with van der Waals surface area (Å²) in [7, 11) is 0. The van der Waals surface area contributed by atoms with E-state index in [0.29, 0.717) is 0 Å². The first kappa shape index (κ1) is 19.3. The summed E-state index contributed by atoms with van der Waals surface area (Å²) < 4.78 is 0. The maximum absolute atomic E-state index is 13.2. The van der Waals surface area contributed by atoms with Crippen LogP contribution in [0, 0.1) is 0 Å². The summed E-state index contributed by atoms with van der Waals surface area (Å²) in [5, 5.41) is 11.0. The Kier molecular flexibility index (Phi) is 4.13. The summed E-state index contributed by atoms with van der Waals surface area (Å²) in [4.78, 5) is 36.1. The third-order valence-electron chi connectivity index (χ3n) is 5.59. The molecule has 11 nitrogen and oxygen atoms in total. The van der Waals surface area contributed by atoms with Gasteiger partial charge in [0.05, 0.1) is 28.4 Å². The minimum Gasteiger partial charge on any atom is -0.507 e. The summed E-state index contributed by atoms with van der Waals surface area (Å²) in [6.07, 6.45) is -1.06. The van der Waals surface area contributed by atoms with Crippen molar-refractivity contribution in [3.63, 3.8) is 0 Å². The van der Waals surface area contributed by atoms with Crippen molar-refractivity contribution in [1.29, 1.82) is 0 Å². The Labute approximate surface area is 164 Å². The van der Waals surface area contributed by atoms with Crippen LogP contribution >= 0.6 is 0 Å². The number of nitrogens with two attached hydrogens (primary N) is 6. The van der Waals surface area contributed by atoms with Crippen LogP contribution in [0.3, 0.4) is 0 Å². The SMILES string of the molecule is NOc1cccc2c1C(=O)c1c(O)c3c(c(N)c1C2=O)C(N)C(N)(N)CC3ON. The zero-order valence-corrected chi connectivity index (χ0v) is 15.1. The van der Waals surface area contributed by atoms with E-state index in [9.17, 15) is 14.7 Å². The highest BCUT2D eigenvalue weighted by atomic mass is 16.6. The van der Waals surface area contributed by atoms with E-state index in [1.54, 1.807) is 0 Å². The standard InChI is InChI=1S/C18H20N6O5/c19-13-10-12(15(26)8-5(14(10)25)2-1-3-6(8)28-23)16(27)9-7(29-24)4-18(21,22)17(20)11(9)13/h1-3,7,17,27H,4,19-24H2. The summed E-state index contributed by atoms with van der Waals surface area (Å²) in [5.41, 5.74) is 22.6.